The van der Waals surface area contributed by atoms with Crippen LogP contribution in [-0.4, -0.2) is 41.8 Å². The maximum atomic E-state index is 13.0. The fraction of sp³-hybridized carbons (Fsp3) is 0.467. The van der Waals surface area contributed by atoms with Gasteiger partial charge in [0, 0.05) is 18.7 Å². The third-order valence-electron chi connectivity index (χ3n) is 4.65. The Hall–Kier alpha value is -1.97. The number of hydrogen-bond donors (Lipinski definition) is 3. The van der Waals surface area contributed by atoms with Crippen molar-refractivity contribution in [1.82, 2.24) is 9.79 Å². The molecule has 1 saturated carbocycles. The zero-order chi connectivity index (χ0) is 17.5. The number of piperidine rings is 1. The van der Waals surface area contributed by atoms with Crippen LogP contribution in [0.25, 0.3) is 0 Å². The van der Waals surface area contributed by atoms with Crippen molar-refractivity contribution >= 4 is 27.5 Å². The van der Waals surface area contributed by atoms with Gasteiger partial charge < -0.3 is 5.32 Å². The lowest BCUT2D eigenvalue weighted by atomic mass is 10.00. The summed E-state index contributed by atoms with van der Waals surface area (Å²) in [5.74, 6) is -1.02. The topological polar surface area (TPSA) is 116 Å². The molecule has 2 bridgehead atoms. The molecule has 1 aromatic carbocycles. The van der Waals surface area contributed by atoms with Gasteiger partial charge in [0.25, 0.3) is 5.91 Å². The number of carbonyl (C=O) groups is 2. The van der Waals surface area contributed by atoms with Crippen molar-refractivity contribution in [2.24, 2.45) is 5.92 Å². The summed E-state index contributed by atoms with van der Waals surface area (Å²) in [5, 5.41) is 11.5. The molecule has 8 nitrogen and oxygen atoms in total. The highest BCUT2D eigenvalue weighted by atomic mass is 32.2. The van der Waals surface area contributed by atoms with E-state index in [1.165, 1.54) is 35.5 Å². The second kappa shape index (κ2) is 6.15. The summed E-state index contributed by atoms with van der Waals surface area (Å²) in [4.78, 5) is 23.0. The molecule has 130 valence electrons. The smallest absolute Gasteiger partial charge is 0.262 e. The molecular weight excluding hydrogens is 334 g/mol. The number of nitrogens with one attached hydrogen (secondary N) is 2. The Morgan fingerprint density at radius 1 is 1.21 bits per heavy atom. The Balaban J connectivity index is 1.91. The molecule has 1 saturated heterocycles. The number of hydroxylamine groups is 1. The van der Waals surface area contributed by atoms with Gasteiger partial charge in [-0.25, -0.2) is 13.9 Å². The molecule has 1 aliphatic carbocycles. The van der Waals surface area contributed by atoms with Gasteiger partial charge >= 0.3 is 0 Å². The zero-order valence-corrected chi connectivity index (χ0v) is 13.9. The molecule has 0 radical (unpaired) electrons. The number of carbonyl (C=O) groups excluding carboxylic acids is 2. The number of benzene rings is 1. The van der Waals surface area contributed by atoms with E-state index >= 15 is 0 Å². The first-order valence-corrected chi connectivity index (χ1v) is 9.13. The van der Waals surface area contributed by atoms with Crippen molar-refractivity contribution in [1.29, 1.82) is 0 Å². The summed E-state index contributed by atoms with van der Waals surface area (Å²) in [6.45, 7) is 1.36. The van der Waals surface area contributed by atoms with Crippen molar-refractivity contribution in [2.45, 2.75) is 43.2 Å². The van der Waals surface area contributed by atoms with E-state index < -0.39 is 22.0 Å². The summed E-state index contributed by atoms with van der Waals surface area (Å²) in [7, 11) is -3.87. The molecule has 0 aromatic heterocycles. The highest BCUT2D eigenvalue weighted by molar-refractivity contribution is 7.89. The quantitative estimate of drug-likeness (QED) is 0.544. The van der Waals surface area contributed by atoms with Gasteiger partial charge in [-0.3, -0.25) is 14.8 Å². The lowest BCUT2D eigenvalue weighted by Gasteiger charge is -2.32. The highest BCUT2D eigenvalue weighted by Gasteiger charge is 2.54. The molecule has 24 heavy (non-hydrogen) atoms. The average molecular weight is 353 g/mol. The largest absolute Gasteiger partial charge is 0.326 e. The summed E-state index contributed by atoms with van der Waals surface area (Å²) in [6, 6.07) is 4.71. The molecule has 2 amide bonds. The molecular formula is C15H19N3O5S. The Labute approximate surface area is 139 Å². The number of amides is 2. The van der Waals surface area contributed by atoms with Gasteiger partial charge in [-0.1, -0.05) is 0 Å². The predicted molar refractivity (Wildman–Crippen MR) is 84.6 cm³/mol. The van der Waals surface area contributed by atoms with Crippen LogP contribution in [0.5, 0.6) is 0 Å². The van der Waals surface area contributed by atoms with Crippen LogP contribution in [-0.2, 0) is 19.6 Å². The predicted octanol–water partition coefficient (Wildman–Crippen LogP) is 0.692. The van der Waals surface area contributed by atoms with Crippen molar-refractivity contribution in [3.8, 4) is 0 Å². The minimum Gasteiger partial charge on any atom is -0.326 e. The van der Waals surface area contributed by atoms with E-state index in [0.717, 1.165) is 6.42 Å². The summed E-state index contributed by atoms with van der Waals surface area (Å²) in [5.41, 5.74) is 2.08. The average Bonchev–Trinajstić information content (AvgIpc) is 3.15. The first kappa shape index (κ1) is 16.9. The van der Waals surface area contributed by atoms with Crippen molar-refractivity contribution in [3.05, 3.63) is 24.3 Å². The Morgan fingerprint density at radius 2 is 1.88 bits per heavy atom. The Morgan fingerprint density at radius 3 is 2.46 bits per heavy atom. The molecule has 3 rings (SSSR count). The first-order chi connectivity index (χ1) is 11.3. The minimum atomic E-state index is -3.87. The van der Waals surface area contributed by atoms with Gasteiger partial charge in [-0.15, -0.1) is 0 Å². The molecule has 2 fully saturated rings. The second-order valence-corrected chi connectivity index (χ2v) is 8.03. The van der Waals surface area contributed by atoms with Gasteiger partial charge in [0.15, 0.2) is 0 Å². The third-order valence-corrected chi connectivity index (χ3v) is 6.60. The third kappa shape index (κ3) is 2.79. The van der Waals surface area contributed by atoms with Crippen LogP contribution < -0.4 is 10.8 Å². The van der Waals surface area contributed by atoms with E-state index in [9.17, 15) is 18.0 Å². The SMILES string of the molecule is CC(=O)Nc1ccc(S(=O)(=O)N2[C@H]3CC[C@H](C3)[C@@H]2C(=O)NO)cc1. The molecule has 1 heterocycles. The van der Waals surface area contributed by atoms with Crippen molar-refractivity contribution in [2.75, 3.05) is 5.32 Å². The monoisotopic (exact) mass is 353 g/mol. The normalized spacial score (nSPS) is 26.3. The fourth-order valence-electron chi connectivity index (χ4n) is 3.72. The summed E-state index contributed by atoms with van der Waals surface area (Å²) < 4.78 is 27.2. The Kier molecular flexibility index (Phi) is 4.33. The van der Waals surface area contributed by atoms with Gasteiger partial charge in [0.2, 0.25) is 15.9 Å². The Bertz CT molecular complexity index is 762. The van der Waals surface area contributed by atoms with Gasteiger partial charge in [-0.05, 0) is 49.4 Å². The number of rotatable bonds is 4. The van der Waals surface area contributed by atoms with Gasteiger partial charge in [0.1, 0.15) is 6.04 Å². The standard InChI is InChI=1S/C15H19N3O5S/c1-9(19)16-11-3-6-13(7-4-11)24(22,23)18-12-5-2-10(8-12)14(18)15(20)17-21/h3-4,6-7,10,12,14,21H,2,5,8H2,1H3,(H,16,19)(H,17,20)/t10-,12+,14-/m1/s1. The molecule has 1 aliphatic heterocycles. The van der Waals surface area contributed by atoms with E-state index in [-0.39, 0.29) is 22.8 Å². The molecule has 3 N–H and O–H groups in total. The van der Waals surface area contributed by atoms with Crippen LogP contribution in [0.2, 0.25) is 0 Å². The maximum absolute atomic E-state index is 13.0. The summed E-state index contributed by atoms with van der Waals surface area (Å²) in [6.07, 6.45) is 2.11. The lowest BCUT2D eigenvalue weighted by Crippen LogP contribution is -2.52. The zero-order valence-electron chi connectivity index (χ0n) is 13.1. The maximum Gasteiger partial charge on any atom is 0.262 e. The first-order valence-electron chi connectivity index (χ1n) is 7.69. The lowest BCUT2D eigenvalue weighted by molar-refractivity contribution is -0.134. The highest BCUT2D eigenvalue weighted by Crippen LogP contribution is 2.45. The van der Waals surface area contributed by atoms with Crippen LogP contribution in [0.3, 0.4) is 0 Å². The number of anilines is 1. The van der Waals surface area contributed by atoms with Crippen molar-refractivity contribution in [3.63, 3.8) is 0 Å². The molecule has 0 unspecified atom stereocenters. The van der Waals surface area contributed by atoms with E-state index in [2.05, 4.69) is 5.32 Å². The number of sulfonamides is 1. The fourth-order valence-corrected chi connectivity index (χ4v) is 5.60. The minimum absolute atomic E-state index is 0.0555. The molecule has 1 aromatic rings. The number of hydrogen-bond acceptors (Lipinski definition) is 5. The molecule has 2 aliphatic rings. The van der Waals surface area contributed by atoms with E-state index in [1.54, 1.807) is 5.48 Å². The van der Waals surface area contributed by atoms with Crippen molar-refractivity contribution < 1.29 is 23.2 Å². The van der Waals surface area contributed by atoms with Gasteiger partial charge in [-0.2, -0.15) is 4.31 Å². The van der Waals surface area contributed by atoms with E-state index in [1.807, 2.05) is 0 Å². The van der Waals surface area contributed by atoms with Crippen LogP contribution in [0, 0.1) is 5.92 Å². The molecule has 9 heteroatoms. The van der Waals surface area contributed by atoms with Gasteiger partial charge in [0.05, 0.1) is 4.90 Å². The van der Waals surface area contributed by atoms with Crippen LogP contribution in [0.4, 0.5) is 5.69 Å². The summed E-state index contributed by atoms with van der Waals surface area (Å²) >= 11 is 0. The molecule has 3 atom stereocenters. The second-order valence-electron chi connectivity index (χ2n) is 6.19. The number of nitrogens with zero attached hydrogens (tertiary/aromatic N) is 1. The molecule has 0 spiro atoms. The van der Waals surface area contributed by atoms with Crippen LogP contribution in [0.15, 0.2) is 29.2 Å². The van der Waals surface area contributed by atoms with Crippen LogP contribution in [0.1, 0.15) is 26.2 Å². The van der Waals surface area contributed by atoms with E-state index in [0.29, 0.717) is 18.5 Å². The van der Waals surface area contributed by atoms with E-state index in [4.69, 9.17) is 5.21 Å². The van der Waals surface area contributed by atoms with Crippen LogP contribution >= 0.6 is 0 Å². The number of fused-ring (bicyclic) bond motifs is 2.